The molecule has 2 aromatic rings. The van der Waals surface area contributed by atoms with Gasteiger partial charge in [-0.25, -0.2) is 4.39 Å². The maximum Gasteiger partial charge on any atom is 0.144 e. The molecule has 0 heterocycles. The molecule has 1 atom stereocenters. The molecule has 0 aliphatic heterocycles. The van der Waals surface area contributed by atoms with Gasteiger partial charge in [0.1, 0.15) is 11.6 Å². The lowest BCUT2D eigenvalue weighted by atomic mass is 10.0. The molecule has 0 spiro atoms. The maximum atomic E-state index is 13.2. The van der Waals surface area contributed by atoms with Crippen LogP contribution in [0.4, 0.5) is 10.1 Å². The zero-order chi connectivity index (χ0) is 14.7. The van der Waals surface area contributed by atoms with E-state index in [2.05, 4.69) is 44.3 Å². The summed E-state index contributed by atoms with van der Waals surface area (Å²) in [5.41, 5.74) is 4.47. The summed E-state index contributed by atoms with van der Waals surface area (Å²) in [5.74, 6) is 0.215. The van der Waals surface area contributed by atoms with Gasteiger partial charge in [-0.2, -0.15) is 0 Å². The second kappa shape index (κ2) is 5.95. The largest absolute Gasteiger partial charge is 0.494 e. The standard InChI is InChI=1S/C17H20FNO/c1-11-7-12(2)9-14(8-11)13(3)19-16-6-5-15(18)10-17(16)20-4/h5-10,13,19H,1-4H3. The highest BCUT2D eigenvalue weighted by Gasteiger charge is 2.10. The molecule has 0 aliphatic carbocycles. The molecule has 0 aromatic heterocycles. The molecule has 106 valence electrons. The van der Waals surface area contributed by atoms with Gasteiger partial charge in [0, 0.05) is 12.1 Å². The van der Waals surface area contributed by atoms with Gasteiger partial charge >= 0.3 is 0 Å². The first-order valence-electron chi connectivity index (χ1n) is 6.68. The zero-order valence-corrected chi connectivity index (χ0v) is 12.3. The highest BCUT2D eigenvalue weighted by molar-refractivity contribution is 5.57. The molecule has 0 aliphatic rings. The van der Waals surface area contributed by atoms with Crippen LogP contribution in [-0.2, 0) is 0 Å². The summed E-state index contributed by atoms with van der Waals surface area (Å²) in [6, 6.07) is 11.1. The number of halogens is 1. The van der Waals surface area contributed by atoms with Crippen molar-refractivity contribution in [3.05, 3.63) is 58.9 Å². The van der Waals surface area contributed by atoms with E-state index in [1.165, 1.54) is 28.8 Å². The normalized spacial score (nSPS) is 12.1. The number of rotatable bonds is 4. The molecular formula is C17H20FNO. The van der Waals surface area contributed by atoms with E-state index in [4.69, 9.17) is 4.74 Å². The predicted octanol–water partition coefficient (Wildman–Crippen LogP) is 4.62. The Morgan fingerprint density at radius 1 is 1.05 bits per heavy atom. The number of hydrogen-bond acceptors (Lipinski definition) is 2. The smallest absolute Gasteiger partial charge is 0.144 e. The Labute approximate surface area is 119 Å². The number of ether oxygens (including phenoxy) is 1. The first-order chi connectivity index (χ1) is 9.49. The Hall–Kier alpha value is -2.03. The number of benzene rings is 2. The Morgan fingerprint density at radius 2 is 1.70 bits per heavy atom. The summed E-state index contributed by atoms with van der Waals surface area (Å²) in [6.45, 7) is 6.25. The first kappa shape index (κ1) is 14.4. The van der Waals surface area contributed by atoms with Gasteiger partial charge in [-0.1, -0.05) is 29.3 Å². The van der Waals surface area contributed by atoms with Crippen molar-refractivity contribution in [2.75, 3.05) is 12.4 Å². The quantitative estimate of drug-likeness (QED) is 0.877. The van der Waals surface area contributed by atoms with Crippen LogP contribution in [0.2, 0.25) is 0 Å². The third kappa shape index (κ3) is 3.29. The van der Waals surface area contributed by atoms with Crippen molar-refractivity contribution in [3.63, 3.8) is 0 Å². The van der Waals surface area contributed by atoms with Crippen LogP contribution in [0.15, 0.2) is 36.4 Å². The van der Waals surface area contributed by atoms with Crippen molar-refractivity contribution in [2.24, 2.45) is 0 Å². The molecule has 0 fully saturated rings. The van der Waals surface area contributed by atoms with Crippen molar-refractivity contribution in [2.45, 2.75) is 26.8 Å². The van der Waals surface area contributed by atoms with Gasteiger partial charge in [-0.3, -0.25) is 0 Å². The highest BCUT2D eigenvalue weighted by Crippen LogP contribution is 2.29. The predicted molar refractivity (Wildman–Crippen MR) is 80.9 cm³/mol. The summed E-state index contributed by atoms with van der Waals surface area (Å²) >= 11 is 0. The van der Waals surface area contributed by atoms with Crippen molar-refractivity contribution < 1.29 is 9.13 Å². The van der Waals surface area contributed by atoms with Crippen molar-refractivity contribution in [3.8, 4) is 5.75 Å². The fourth-order valence-corrected chi connectivity index (χ4v) is 2.36. The SMILES string of the molecule is COc1cc(F)ccc1NC(C)c1cc(C)cc(C)c1. The summed E-state index contributed by atoms with van der Waals surface area (Å²) < 4.78 is 18.4. The Bertz CT molecular complexity index is 590. The van der Waals surface area contributed by atoms with Gasteiger partial charge < -0.3 is 10.1 Å². The van der Waals surface area contributed by atoms with Crippen LogP contribution in [0.3, 0.4) is 0 Å². The van der Waals surface area contributed by atoms with E-state index in [0.717, 1.165) is 5.69 Å². The second-order valence-corrected chi connectivity index (χ2v) is 5.13. The number of methoxy groups -OCH3 is 1. The molecular weight excluding hydrogens is 253 g/mol. The van der Waals surface area contributed by atoms with Crippen LogP contribution < -0.4 is 10.1 Å². The summed E-state index contributed by atoms with van der Waals surface area (Å²) in [6.07, 6.45) is 0. The zero-order valence-electron chi connectivity index (χ0n) is 12.3. The Morgan fingerprint density at radius 3 is 2.30 bits per heavy atom. The highest BCUT2D eigenvalue weighted by atomic mass is 19.1. The van der Waals surface area contributed by atoms with Crippen LogP contribution in [0.25, 0.3) is 0 Å². The van der Waals surface area contributed by atoms with E-state index in [1.54, 1.807) is 13.2 Å². The van der Waals surface area contributed by atoms with Gasteiger partial charge in [-0.15, -0.1) is 0 Å². The minimum absolute atomic E-state index is 0.118. The van der Waals surface area contributed by atoms with Crippen molar-refractivity contribution in [1.82, 2.24) is 0 Å². The molecule has 0 saturated heterocycles. The van der Waals surface area contributed by atoms with Gasteiger partial charge in [0.2, 0.25) is 0 Å². The lowest BCUT2D eigenvalue weighted by molar-refractivity contribution is 0.412. The van der Waals surface area contributed by atoms with Crippen LogP contribution in [0, 0.1) is 19.7 Å². The molecule has 2 aromatic carbocycles. The van der Waals surface area contributed by atoms with Gasteiger partial charge in [0.25, 0.3) is 0 Å². The van der Waals surface area contributed by atoms with Crippen LogP contribution in [0.5, 0.6) is 5.75 Å². The fourth-order valence-electron chi connectivity index (χ4n) is 2.36. The first-order valence-corrected chi connectivity index (χ1v) is 6.68. The summed E-state index contributed by atoms with van der Waals surface area (Å²) in [5, 5.41) is 3.37. The van der Waals surface area contributed by atoms with E-state index in [9.17, 15) is 4.39 Å². The van der Waals surface area contributed by atoms with Crippen LogP contribution >= 0.6 is 0 Å². The summed E-state index contributed by atoms with van der Waals surface area (Å²) in [4.78, 5) is 0. The number of nitrogens with one attached hydrogen (secondary N) is 1. The lowest BCUT2D eigenvalue weighted by Gasteiger charge is -2.19. The van der Waals surface area contributed by atoms with Crippen molar-refractivity contribution in [1.29, 1.82) is 0 Å². The molecule has 20 heavy (non-hydrogen) atoms. The van der Waals surface area contributed by atoms with E-state index >= 15 is 0 Å². The number of anilines is 1. The molecule has 0 saturated carbocycles. The van der Waals surface area contributed by atoms with E-state index in [0.29, 0.717) is 5.75 Å². The van der Waals surface area contributed by atoms with Crippen molar-refractivity contribution >= 4 is 5.69 Å². The second-order valence-electron chi connectivity index (χ2n) is 5.13. The molecule has 0 radical (unpaired) electrons. The molecule has 3 heteroatoms. The van der Waals surface area contributed by atoms with Gasteiger partial charge in [0.05, 0.1) is 12.8 Å². The minimum Gasteiger partial charge on any atom is -0.494 e. The molecule has 1 unspecified atom stereocenters. The lowest BCUT2D eigenvalue weighted by Crippen LogP contribution is -2.08. The minimum atomic E-state index is -0.300. The molecule has 1 N–H and O–H groups in total. The third-order valence-electron chi connectivity index (χ3n) is 3.28. The maximum absolute atomic E-state index is 13.2. The molecule has 0 bridgehead atoms. The van der Waals surface area contributed by atoms with Crippen LogP contribution in [-0.4, -0.2) is 7.11 Å². The average Bonchev–Trinajstić information content (AvgIpc) is 2.39. The Kier molecular flexibility index (Phi) is 4.28. The fraction of sp³-hybridized carbons (Fsp3) is 0.294. The molecule has 2 rings (SSSR count). The van der Waals surface area contributed by atoms with E-state index in [1.807, 2.05) is 0 Å². The van der Waals surface area contributed by atoms with E-state index in [-0.39, 0.29) is 11.9 Å². The monoisotopic (exact) mass is 273 g/mol. The van der Waals surface area contributed by atoms with E-state index < -0.39 is 0 Å². The van der Waals surface area contributed by atoms with Crippen LogP contribution in [0.1, 0.15) is 29.7 Å². The number of hydrogen-bond donors (Lipinski definition) is 1. The summed E-state index contributed by atoms with van der Waals surface area (Å²) in [7, 11) is 1.54. The molecule has 2 nitrogen and oxygen atoms in total. The molecule has 0 amide bonds. The van der Waals surface area contributed by atoms with Gasteiger partial charge in [0.15, 0.2) is 0 Å². The van der Waals surface area contributed by atoms with Gasteiger partial charge in [-0.05, 0) is 38.5 Å². The third-order valence-corrected chi connectivity index (χ3v) is 3.28. The Balaban J connectivity index is 2.25. The average molecular weight is 273 g/mol. The number of aryl methyl sites for hydroxylation is 2. The topological polar surface area (TPSA) is 21.3 Å².